The van der Waals surface area contributed by atoms with E-state index in [2.05, 4.69) is 21.9 Å². The Labute approximate surface area is 246 Å². The summed E-state index contributed by atoms with van der Waals surface area (Å²) in [6.07, 6.45) is 3.34. The number of pyridine rings is 1. The summed E-state index contributed by atoms with van der Waals surface area (Å²) in [5.74, 6) is -3.12. The second-order valence-electron chi connectivity index (χ2n) is 11.2. The van der Waals surface area contributed by atoms with Crippen molar-refractivity contribution >= 4 is 28.3 Å². The standard InChI is InChI=1S/C32H31F3N6O2/c1-5-22(42)39-14-15-40-19(16-39)11-13-37-28-24-30(26(35)23(25(28)34)20-8-6-7-9-21(20)33)41(32(43)38-31(24)40)29-18(4)10-12-36-27(29)17(2)3/h5-10,12,17,19,37H,1,11,13-16H2,2-4H3. The Morgan fingerprint density at radius 2 is 1.91 bits per heavy atom. The number of anilines is 2. The SMILES string of the molecule is C=CC(=O)N1CCN2c3nc(=O)n(-c4c(C)ccnc4C(C)C)c4c(F)c(-c5ccccc5F)c(F)c(c34)NCCC2C1. The van der Waals surface area contributed by atoms with Crippen molar-refractivity contribution in [3.63, 3.8) is 0 Å². The molecule has 222 valence electrons. The Morgan fingerprint density at radius 1 is 1.14 bits per heavy atom. The number of fused-ring (bicyclic) bond motifs is 2. The molecule has 11 heteroatoms. The highest BCUT2D eigenvalue weighted by molar-refractivity contribution is 6.05. The van der Waals surface area contributed by atoms with Gasteiger partial charge in [0.1, 0.15) is 17.2 Å². The van der Waals surface area contributed by atoms with Gasteiger partial charge in [0.25, 0.3) is 0 Å². The van der Waals surface area contributed by atoms with Crippen molar-refractivity contribution in [3.05, 3.63) is 88.4 Å². The smallest absolute Gasteiger partial charge is 0.354 e. The van der Waals surface area contributed by atoms with E-state index < -0.39 is 28.7 Å². The quantitative estimate of drug-likeness (QED) is 0.325. The van der Waals surface area contributed by atoms with Gasteiger partial charge in [-0.25, -0.2) is 18.0 Å². The van der Waals surface area contributed by atoms with Crippen LogP contribution in [0.25, 0.3) is 27.7 Å². The zero-order valence-electron chi connectivity index (χ0n) is 24.1. The largest absolute Gasteiger partial charge is 0.382 e. The fraction of sp³-hybridized carbons (Fsp3) is 0.312. The molecular formula is C32H31F3N6O2. The van der Waals surface area contributed by atoms with Gasteiger partial charge in [-0.15, -0.1) is 0 Å². The molecule has 2 aliphatic rings. The highest BCUT2D eigenvalue weighted by Gasteiger charge is 2.36. The first-order valence-corrected chi connectivity index (χ1v) is 14.2. The number of amides is 1. The molecule has 1 amide bonds. The van der Waals surface area contributed by atoms with Crippen molar-refractivity contribution < 1.29 is 18.0 Å². The average molecular weight is 589 g/mol. The van der Waals surface area contributed by atoms with Gasteiger partial charge in [0.05, 0.1) is 28.0 Å². The molecule has 1 fully saturated rings. The molecule has 4 aromatic rings. The molecule has 2 aliphatic heterocycles. The van der Waals surface area contributed by atoms with E-state index in [-0.39, 0.29) is 58.9 Å². The first kappa shape index (κ1) is 28.4. The van der Waals surface area contributed by atoms with Crippen molar-refractivity contribution in [1.82, 2.24) is 19.4 Å². The molecule has 0 spiro atoms. The van der Waals surface area contributed by atoms with Gasteiger partial charge in [-0.05, 0) is 43.0 Å². The summed E-state index contributed by atoms with van der Waals surface area (Å²) < 4.78 is 49.8. The van der Waals surface area contributed by atoms with Crippen LogP contribution in [0, 0.1) is 24.4 Å². The molecule has 0 aliphatic carbocycles. The van der Waals surface area contributed by atoms with Crippen molar-refractivity contribution in [2.24, 2.45) is 0 Å². The third kappa shape index (κ3) is 4.54. The van der Waals surface area contributed by atoms with Gasteiger partial charge in [0, 0.05) is 44.0 Å². The molecule has 6 rings (SSSR count). The van der Waals surface area contributed by atoms with Gasteiger partial charge in [-0.1, -0.05) is 38.6 Å². The normalized spacial score (nSPS) is 16.5. The lowest BCUT2D eigenvalue weighted by atomic mass is 9.97. The average Bonchev–Trinajstić information content (AvgIpc) is 2.98. The maximum absolute atomic E-state index is 17.1. The number of hydrogen-bond acceptors (Lipinski definition) is 6. The van der Waals surface area contributed by atoms with Crippen LogP contribution in [0.4, 0.5) is 24.7 Å². The van der Waals surface area contributed by atoms with Crippen molar-refractivity contribution in [1.29, 1.82) is 0 Å². The third-order valence-electron chi connectivity index (χ3n) is 8.28. The third-order valence-corrected chi connectivity index (χ3v) is 8.28. The Bertz CT molecular complexity index is 1850. The summed E-state index contributed by atoms with van der Waals surface area (Å²) in [7, 11) is 0. The van der Waals surface area contributed by atoms with Crippen LogP contribution >= 0.6 is 0 Å². The number of aryl methyl sites for hydroxylation is 1. The molecular weight excluding hydrogens is 557 g/mol. The summed E-state index contributed by atoms with van der Waals surface area (Å²) in [5.41, 5.74) is -0.392. The van der Waals surface area contributed by atoms with Gasteiger partial charge >= 0.3 is 5.69 Å². The summed E-state index contributed by atoms with van der Waals surface area (Å²) in [4.78, 5) is 39.0. The summed E-state index contributed by atoms with van der Waals surface area (Å²) in [6, 6.07) is 6.81. The zero-order valence-corrected chi connectivity index (χ0v) is 24.1. The molecule has 43 heavy (non-hydrogen) atoms. The second-order valence-corrected chi connectivity index (χ2v) is 11.2. The predicted octanol–water partition coefficient (Wildman–Crippen LogP) is 5.32. The summed E-state index contributed by atoms with van der Waals surface area (Å²) >= 11 is 0. The molecule has 1 unspecified atom stereocenters. The lowest BCUT2D eigenvalue weighted by Crippen LogP contribution is -2.56. The summed E-state index contributed by atoms with van der Waals surface area (Å²) in [5, 5.41) is 3.18. The molecule has 0 bridgehead atoms. The molecule has 4 heterocycles. The van der Waals surface area contributed by atoms with Crippen molar-refractivity contribution in [3.8, 4) is 16.8 Å². The second kappa shape index (κ2) is 10.9. The van der Waals surface area contributed by atoms with E-state index in [0.717, 1.165) is 10.6 Å². The highest BCUT2D eigenvalue weighted by atomic mass is 19.1. The Morgan fingerprint density at radius 3 is 2.63 bits per heavy atom. The Hall–Kier alpha value is -4.67. The minimum absolute atomic E-state index is 0.0680. The highest BCUT2D eigenvalue weighted by Crippen LogP contribution is 2.44. The lowest BCUT2D eigenvalue weighted by molar-refractivity contribution is -0.126. The van der Waals surface area contributed by atoms with E-state index in [1.807, 2.05) is 18.7 Å². The number of benzene rings is 2. The van der Waals surface area contributed by atoms with Crippen LogP contribution < -0.4 is 15.9 Å². The van der Waals surface area contributed by atoms with Crippen LogP contribution in [0.3, 0.4) is 0 Å². The van der Waals surface area contributed by atoms with Gasteiger partial charge in [-0.2, -0.15) is 4.98 Å². The molecule has 1 atom stereocenters. The predicted molar refractivity (Wildman–Crippen MR) is 160 cm³/mol. The molecule has 1 N–H and O–H groups in total. The number of nitrogens with one attached hydrogen (secondary N) is 1. The maximum atomic E-state index is 17.1. The molecule has 2 aromatic heterocycles. The fourth-order valence-electron chi connectivity index (χ4n) is 6.24. The van der Waals surface area contributed by atoms with Crippen LogP contribution in [0.1, 0.15) is 37.4 Å². The van der Waals surface area contributed by atoms with Gasteiger partial charge in [-0.3, -0.25) is 14.3 Å². The minimum atomic E-state index is -1.08. The van der Waals surface area contributed by atoms with Crippen LogP contribution in [0.5, 0.6) is 0 Å². The number of carbonyl (C=O) groups is 1. The van der Waals surface area contributed by atoms with Gasteiger partial charge in [0.15, 0.2) is 11.6 Å². The number of rotatable bonds is 4. The van der Waals surface area contributed by atoms with Crippen LogP contribution in [-0.4, -0.2) is 57.6 Å². The van der Waals surface area contributed by atoms with E-state index in [1.54, 1.807) is 24.1 Å². The number of aromatic nitrogens is 3. The molecule has 2 aromatic carbocycles. The number of piperazine rings is 1. The number of halogens is 3. The molecule has 8 nitrogen and oxygen atoms in total. The maximum Gasteiger partial charge on any atom is 0.354 e. The lowest BCUT2D eigenvalue weighted by Gasteiger charge is -2.43. The molecule has 0 saturated carbocycles. The van der Waals surface area contributed by atoms with Crippen LogP contribution in [-0.2, 0) is 4.79 Å². The Kier molecular flexibility index (Phi) is 7.19. The van der Waals surface area contributed by atoms with E-state index in [1.165, 1.54) is 24.3 Å². The van der Waals surface area contributed by atoms with E-state index in [0.29, 0.717) is 36.5 Å². The Balaban J connectivity index is 1.75. The first-order valence-electron chi connectivity index (χ1n) is 14.2. The summed E-state index contributed by atoms with van der Waals surface area (Å²) in [6.45, 7) is 10.4. The van der Waals surface area contributed by atoms with Crippen LogP contribution in [0.2, 0.25) is 0 Å². The van der Waals surface area contributed by atoms with Crippen molar-refractivity contribution in [2.45, 2.75) is 39.2 Å². The van der Waals surface area contributed by atoms with Crippen LogP contribution in [0.15, 0.2) is 54.0 Å². The van der Waals surface area contributed by atoms with E-state index >= 15 is 13.2 Å². The number of nitrogens with zero attached hydrogens (tertiary/aromatic N) is 5. The van der Waals surface area contributed by atoms with Gasteiger partial charge < -0.3 is 15.1 Å². The van der Waals surface area contributed by atoms with E-state index in [4.69, 9.17) is 0 Å². The van der Waals surface area contributed by atoms with E-state index in [9.17, 15) is 9.59 Å². The minimum Gasteiger partial charge on any atom is -0.382 e. The first-order chi connectivity index (χ1) is 20.6. The van der Waals surface area contributed by atoms with Crippen molar-refractivity contribution in [2.75, 3.05) is 36.4 Å². The molecule has 0 radical (unpaired) electrons. The number of carbonyl (C=O) groups excluding carboxylic acids is 1. The van der Waals surface area contributed by atoms with Gasteiger partial charge in [0.2, 0.25) is 5.91 Å². The molecule has 1 saturated heterocycles. The zero-order chi connectivity index (χ0) is 30.6. The monoisotopic (exact) mass is 588 g/mol. The fourth-order valence-corrected chi connectivity index (χ4v) is 6.24. The number of hydrogen-bond donors (Lipinski definition) is 1. The topological polar surface area (TPSA) is 83.4 Å².